The molecule has 0 saturated heterocycles. The van der Waals surface area contributed by atoms with Crippen LogP contribution in [0, 0.1) is 23.2 Å². The number of carbonyl (C=O) groups excluding carboxylic acids is 1. The highest BCUT2D eigenvalue weighted by Crippen LogP contribution is 2.62. The Morgan fingerprint density at radius 1 is 1.17 bits per heavy atom. The molecular formula is C26H29ClO2S. The van der Waals surface area contributed by atoms with Gasteiger partial charge in [-0.1, -0.05) is 25.1 Å². The molecule has 2 aromatic carbocycles. The fourth-order valence-corrected chi connectivity index (χ4v) is 7.50. The Morgan fingerprint density at radius 3 is 2.73 bits per heavy atom. The van der Waals surface area contributed by atoms with Gasteiger partial charge in [-0.15, -0.1) is 0 Å². The number of phenols is 1. The van der Waals surface area contributed by atoms with E-state index in [-0.39, 0.29) is 5.41 Å². The van der Waals surface area contributed by atoms with Gasteiger partial charge in [0.1, 0.15) is 11.5 Å². The van der Waals surface area contributed by atoms with Crippen LogP contribution >= 0.6 is 21.7 Å². The molecule has 2 aromatic rings. The fourth-order valence-electron chi connectivity index (χ4n) is 6.95. The number of aromatic hydroxyl groups is 1. The van der Waals surface area contributed by atoms with Crippen LogP contribution in [0.2, 0.25) is 0 Å². The summed E-state index contributed by atoms with van der Waals surface area (Å²) in [5.41, 5.74) is 3.94. The molecule has 0 spiro atoms. The van der Waals surface area contributed by atoms with Crippen molar-refractivity contribution in [3.05, 3.63) is 59.2 Å². The number of ketones is 1. The standard InChI is InChI=1S/C26H29ClO2S/c1-26-13-12-22-21-11-7-19(28)14-17(21)6-10-23(22)25(26)18(15-24(26)29)5-2-16-3-8-20(30-27)9-4-16/h3-4,7-9,11,14,18,22-23,25,28H,2,5-6,10,12-13,15H2,1H3. The van der Waals surface area contributed by atoms with E-state index in [9.17, 15) is 9.90 Å². The molecule has 5 atom stereocenters. The van der Waals surface area contributed by atoms with Crippen molar-refractivity contribution >= 4 is 27.4 Å². The van der Waals surface area contributed by atoms with Gasteiger partial charge in [-0.25, -0.2) is 0 Å². The van der Waals surface area contributed by atoms with Crippen molar-refractivity contribution in [2.45, 2.75) is 62.7 Å². The molecule has 4 heteroatoms. The van der Waals surface area contributed by atoms with Crippen LogP contribution in [0.5, 0.6) is 5.75 Å². The number of rotatable bonds is 4. The van der Waals surface area contributed by atoms with Crippen molar-refractivity contribution in [2.75, 3.05) is 0 Å². The molecule has 5 unspecified atom stereocenters. The normalized spacial score (nSPS) is 32.4. The molecule has 0 amide bonds. The minimum atomic E-state index is -0.140. The number of hydrogen-bond donors (Lipinski definition) is 1. The van der Waals surface area contributed by atoms with Crippen LogP contribution in [-0.4, -0.2) is 10.9 Å². The van der Waals surface area contributed by atoms with Crippen LogP contribution in [0.15, 0.2) is 47.4 Å². The van der Waals surface area contributed by atoms with Crippen LogP contribution < -0.4 is 0 Å². The lowest BCUT2D eigenvalue weighted by atomic mass is 9.54. The monoisotopic (exact) mass is 440 g/mol. The minimum Gasteiger partial charge on any atom is -0.508 e. The Hall–Kier alpha value is -1.45. The summed E-state index contributed by atoms with van der Waals surface area (Å²) in [6.45, 7) is 2.26. The minimum absolute atomic E-state index is 0.140. The van der Waals surface area contributed by atoms with Crippen molar-refractivity contribution in [3.8, 4) is 5.75 Å². The molecular weight excluding hydrogens is 412 g/mol. The Bertz CT molecular complexity index is 956. The van der Waals surface area contributed by atoms with Crippen molar-refractivity contribution in [1.29, 1.82) is 0 Å². The number of benzene rings is 2. The number of carbonyl (C=O) groups is 1. The lowest BCUT2D eigenvalue weighted by Gasteiger charge is -2.50. The van der Waals surface area contributed by atoms with Crippen LogP contribution in [-0.2, 0) is 17.6 Å². The predicted molar refractivity (Wildman–Crippen MR) is 123 cm³/mol. The SMILES string of the molecule is CC12CCC3c4ccc(O)cc4CCC3C1C(CCc1ccc(SCl)cc1)CC2=O. The smallest absolute Gasteiger partial charge is 0.139 e. The van der Waals surface area contributed by atoms with E-state index in [1.807, 2.05) is 12.1 Å². The van der Waals surface area contributed by atoms with Gasteiger partial charge in [0, 0.05) is 16.7 Å². The van der Waals surface area contributed by atoms with Crippen molar-refractivity contribution in [2.24, 2.45) is 23.2 Å². The maximum atomic E-state index is 13.1. The third kappa shape index (κ3) is 3.39. The number of hydrogen-bond acceptors (Lipinski definition) is 3. The first-order chi connectivity index (χ1) is 14.5. The molecule has 0 bridgehead atoms. The molecule has 3 aliphatic rings. The maximum absolute atomic E-state index is 13.1. The zero-order valence-electron chi connectivity index (χ0n) is 17.4. The third-order valence-corrected chi connectivity index (χ3v) is 9.36. The Labute approximate surface area is 187 Å². The molecule has 2 nitrogen and oxygen atoms in total. The highest BCUT2D eigenvalue weighted by Gasteiger charge is 2.58. The average molecular weight is 441 g/mol. The van der Waals surface area contributed by atoms with E-state index in [1.165, 1.54) is 27.7 Å². The van der Waals surface area contributed by atoms with Gasteiger partial charge in [0.25, 0.3) is 0 Å². The highest BCUT2D eigenvalue weighted by molar-refractivity contribution is 8.21. The second kappa shape index (κ2) is 7.91. The first-order valence-corrected chi connectivity index (χ1v) is 12.9. The first kappa shape index (κ1) is 20.5. The molecule has 158 valence electrons. The van der Waals surface area contributed by atoms with Gasteiger partial charge in [-0.3, -0.25) is 4.79 Å². The number of fused-ring (bicyclic) bond motifs is 5. The molecule has 0 aromatic heterocycles. The molecule has 0 radical (unpaired) electrons. The van der Waals surface area contributed by atoms with Gasteiger partial charge in [0.05, 0.1) is 0 Å². The van der Waals surface area contributed by atoms with Gasteiger partial charge in [-0.2, -0.15) is 0 Å². The Kier molecular flexibility index (Phi) is 5.39. The zero-order chi connectivity index (χ0) is 20.9. The summed E-state index contributed by atoms with van der Waals surface area (Å²) in [5.74, 6) is 2.98. The van der Waals surface area contributed by atoms with E-state index in [0.29, 0.717) is 35.2 Å². The zero-order valence-corrected chi connectivity index (χ0v) is 19.0. The van der Waals surface area contributed by atoms with E-state index in [2.05, 4.69) is 37.3 Å². The summed E-state index contributed by atoms with van der Waals surface area (Å²) in [4.78, 5) is 14.2. The molecule has 2 fully saturated rings. The number of aryl methyl sites for hydroxylation is 2. The van der Waals surface area contributed by atoms with Crippen molar-refractivity contribution in [3.63, 3.8) is 0 Å². The molecule has 1 N–H and O–H groups in total. The maximum Gasteiger partial charge on any atom is 0.139 e. The summed E-state index contributed by atoms with van der Waals surface area (Å²) >= 11 is 0. The first-order valence-electron chi connectivity index (χ1n) is 11.2. The van der Waals surface area contributed by atoms with Crippen LogP contribution in [0.1, 0.15) is 61.6 Å². The molecule has 2 saturated carbocycles. The van der Waals surface area contributed by atoms with E-state index in [4.69, 9.17) is 10.7 Å². The summed E-state index contributed by atoms with van der Waals surface area (Å²) < 4.78 is 0. The summed E-state index contributed by atoms with van der Waals surface area (Å²) in [6.07, 6.45) is 7.15. The summed E-state index contributed by atoms with van der Waals surface area (Å²) in [6, 6.07) is 14.5. The van der Waals surface area contributed by atoms with Gasteiger partial charge >= 0.3 is 0 Å². The second-order valence-corrected chi connectivity index (χ2v) is 10.9. The fraction of sp³-hybridized carbons (Fsp3) is 0.500. The van der Waals surface area contributed by atoms with Crippen molar-refractivity contribution < 1.29 is 9.90 Å². The van der Waals surface area contributed by atoms with Gasteiger partial charge < -0.3 is 5.11 Å². The average Bonchev–Trinajstić information content (AvgIpc) is 3.02. The molecule has 5 rings (SSSR count). The van der Waals surface area contributed by atoms with E-state index < -0.39 is 0 Å². The van der Waals surface area contributed by atoms with Crippen LogP contribution in [0.25, 0.3) is 0 Å². The second-order valence-electron chi connectivity index (χ2n) is 9.82. The quantitative estimate of drug-likeness (QED) is 0.560. The summed E-state index contributed by atoms with van der Waals surface area (Å²) in [7, 11) is 7.10. The number of halogens is 1. The van der Waals surface area contributed by atoms with E-state index in [1.54, 1.807) is 0 Å². The van der Waals surface area contributed by atoms with Gasteiger partial charge in [-0.05, 0) is 125 Å². The largest absolute Gasteiger partial charge is 0.508 e. The van der Waals surface area contributed by atoms with Gasteiger partial charge in [0.15, 0.2) is 0 Å². The van der Waals surface area contributed by atoms with Crippen LogP contribution in [0.3, 0.4) is 0 Å². The topological polar surface area (TPSA) is 37.3 Å². The van der Waals surface area contributed by atoms with Gasteiger partial charge in [0.2, 0.25) is 0 Å². The van der Waals surface area contributed by atoms with E-state index >= 15 is 0 Å². The van der Waals surface area contributed by atoms with E-state index in [0.717, 1.165) is 49.8 Å². The lowest BCUT2D eigenvalue weighted by Crippen LogP contribution is -2.44. The molecule has 30 heavy (non-hydrogen) atoms. The van der Waals surface area contributed by atoms with Crippen molar-refractivity contribution in [1.82, 2.24) is 0 Å². The predicted octanol–water partition coefficient (Wildman–Crippen LogP) is 6.92. The summed E-state index contributed by atoms with van der Waals surface area (Å²) in [5, 5.41) is 9.91. The molecule has 0 aliphatic heterocycles. The molecule has 0 heterocycles. The Morgan fingerprint density at radius 2 is 1.97 bits per heavy atom. The lowest BCUT2D eigenvalue weighted by molar-refractivity contribution is -0.129. The van der Waals surface area contributed by atoms with Crippen LogP contribution in [0.4, 0.5) is 0 Å². The number of Topliss-reactive ketones (excluding diaryl/α,β-unsaturated/α-hetero) is 1. The molecule has 3 aliphatic carbocycles. The number of phenolic OH excluding ortho intramolecular Hbond substituents is 1. The third-order valence-electron chi connectivity index (χ3n) is 8.37. The highest BCUT2D eigenvalue weighted by atomic mass is 35.7. The Balaban J connectivity index is 1.39.